The Labute approximate surface area is 194 Å². The second-order valence-electron chi connectivity index (χ2n) is 5.56. The van der Waals surface area contributed by atoms with Crippen molar-refractivity contribution < 1.29 is 84.0 Å². The van der Waals surface area contributed by atoms with Crippen molar-refractivity contribution >= 4 is 23.7 Å². The van der Waals surface area contributed by atoms with Gasteiger partial charge in [-0.15, -0.1) is 11.8 Å². The third-order valence-corrected chi connectivity index (χ3v) is 4.89. The summed E-state index contributed by atoms with van der Waals surface area (Å²) in [5.41, 5.74) is 0. The van der Waals surface area contributed by atoms with Crippen molar-refractivity contribution in [3.05, 3.63) is 0 Å². The molecule has 0 aliphatic carbocycles. The van der Waals surface area contributed by atoms with Gasteiger partial charge in [0.2, 0.25) is 0 Å². The van der Waals surface area contributed by atoms with Crippen molar-refractivity contribution in [2.24, 2.45) is 0 Å². The molecule has 0 aromatic heterocycles. The number of aliphatic carboxylic acids is 2. The average Bonchev–Trinajstić information content (AvgIpc) is 2.47. The van der Waals surface area contributed by atoms with Crippen molar-refractivity contribution in [1.29, 1.82) is 0 Å². The molecule has 2 atom stereocenters. The second kappa shape index (κ2) is 20.6. The molecule has 130 valence electrons. The largest absolute Gasteiger partial charge is 1.00 e. The Balaban J connectivity index is -0.00000220. The molecule has 0 heterocycles. The van der Waals surface area contributed by atoms with Crippen molar-refractivity contribution in [1.82, 2.24) is 0 Å². The monoisotopic (exact) mass is 378 g/mol. The third-order valence-electron chi connectivity index (χ3n) is 3.56. The first-order valence-corrected chi connectivity index (χ1v) is 9.27. The van der Waals surface area contributed by atoms with E-state index in [1.807, 2.05) is 0 Å². The van der Waals surface area contributed by atoms with Gasteiger partial charge in [-0.2, -0.15) is 0 Å². The molecule has 0 aliphatic heterocycles. The molecule has 0 aliphatic rings. The normalized spacial score (nSPS) is 12.6. The first-order chi connectivity index (χ1) is 10.5. The second-order valence-corrected chi connectivity index (χ2v) is 6.81. The van der Waals surface area contributed by atoms with Crippen LogP contribution in [0.15, 0.2) is 0 Å². The maximum Gasteiger partial charge on any atom is 1.00 e. The van der Waals surface area contributed by atoms with E-state index in [0.29, 0.717) is 5.75 Å². The zero-order valence-electron chi connectivity index (χ0n) is 15.4. The van der Waals surface area contributed by atoms with Crippen LogP contribution in [0.5, 0.6) is 0 Å². The van der Waals surface area contributed by atoms with Crippen LogP contribution in [0.25, 0.3) is 0 Å². The minimum Gasteiger partial charge on any atom is -0.549 e. The summed E-state index contributed by atoms with van der Waals surface area (Å²) in [7, 11) is 0. The third kappa shape index (κ3) is 16.7. The molecular formula is C16H28Na2O5S. The van der Waals surface area contributed by atoms with Gasteiger partial charge in [0, 0.05) is 0 Å². The van der Waals surface area contributed by atoms with Crippen LogP contribution in [-0.2, 0) is 9.59 Å². The Kier molecular flexibility index (Phi) is 25.7. The van der Waals surface area contributed by atoms with Crippen LogP contribution in [0.2, 0.25) is 0 Å². The Bertz CT molecular complexity index is 319. The zero-order chi connectivity index (χ0) is 16.8. The molecule has 5 nitrogen and oxygen atoms in total. The molecule has 0 fully saturated rings. The van der Waals surface area contributed by atoms with Crippen LogP contribution < -0.4 is 69.3 Å². The summed E-state index contributed by atoms with van der Waals surface area (Å²) in [5.74, 6) is -2.84. The summed E-state index contributed by atoms with van der Waals surface area (Å²) in [5, 5.41) is 29.0. The molecule has 0 aromatic rings. The summed E-state index contributed by atoms with van der Waals surface area (Å²) in [6.45, 7) is 2.20. The van der Waals surface area contributed by atoms with Crippen LogP contribution in [0, 0.1) is 0 Å². The molecule has 0 aromatic carbocycles. The Morgan fingerprint density at radius 2 is 1.25 bits per heavy atom. The summed E-state index contributed by atoms with van der Waals surface area (Å²) in [6.07, 6.45) is 9.78. The van der Waals surface area contributed by atoms with Crippen molar-refractivity contribution in [2.45, 2.75) is 82.5 Å². The molecule has 0 bridgehead atoms. The summed E-state index contributed by atoms with van der Waals surface area (Å²) < 4.78 is 0. The maximum absolute atomic E-state index is 10.8. The van der Waals surface area contributed by atoms with E-state index in [2.05, 4.69) is 6.92 Å². The Morgan fingerprint density at radius 3 is 1.62 bits per heavy atom. The number of carbonyl (C=O) groups is 2. The minimum atomic E-state index is -2.02. The molecule has 0 saturated heterocycles. The summed E-state index contributed by atoms with van der Waals surface area (Å²) in [4.78, 5) is 21.3. The smallest absolute Gasteiger partial charge is 0.549 e. The number of aliphatic hydroxyl groups is 1. The van der Waals surface area contributed by atoms with Crippen LogP contribution in [0.3, 0.4) is 0 Å². The van der Waals surface area contributed by atoms with E-state index in [1.54, 1.807) is 0 Å². The fourth-order valence-corrected chi connectivity index (χ4v) is 3.27. The van der Waals surface area contributed by atoms with E-state index in [1.165, 1.54) is 44.9 Å². The van der Waals surface area contributed by atoms with Gasteiger partial charge in [-0.05, 0) is 12.2 Å². The van der Waals surface area contributed by atoms with Gasteiger partial charge in [0.05, 0.1) is 17.2 Å². The number of unbranched alkanes of at least 4 members (excludes halogenated alkanes) is 9. The fraction of sp³-hybridized carbons (Fsp3) is 0.875. The molecule has 24 heavy (non-hydrogen) atoms. The van der Waals surface area contributed by atoms with E-state index < -0.39 is 23.3 Å². The van der Waals surface area contributed by atoms with E-state index in [9.17, 15) is 24.9 Å². The Hall–Kier alpha value is 1.25. The molecule has 0 radical (unpaired) electrons. The van der Waals surface area contributed by atoms with Crippen molar-refractivity contribution in [2.75, 3.05) is 5.75 Å². The molecule has 0 rings (SSSR count). The summed E-state index contributed by atoms with van der Waals surface area (Å²) >= 11 is 0.911. The average molecular weight is 378 g/mol. The molecule has 2 unspecified atom stereocenters. The molecule has 0 amide bonds. The Morgan fingerprint density at radius 1 is 0.833 bits per heavy atom. The molecule has 0 saturated carbocycles. The zero-order valence-corrected chi connectivity index (χ0v) is 20.2. The quantitative estimate of drug-likeness (QED) is 0.226. The predicted molar refractivity (Wildman–Crippen MR) is 84.1 cm³/mol. The summed E-state index contributed by atoms with van der Waals surface area (Å²) in [6, 6.07) is 0. The van der Waals surface area contributed by atoms with Gasteiger partial charge in [-0.3, -0.25) is 0 Å². The molecule has 1 N–H and O–H groups in total. The molecule has 8 heteroatoms. The molecular weight excluding hydrogens is 350 g/mol. The number of carbonyl (C=O) groups excluding carboxylic acids is 2. The van der Waals surface area contributed by atoms with Crippen LogP contribution >= 0.6 is 11.8 Å². The van der Waals surface area contributed by atoms with E-state index >= 15 is 0 Å². The van der Waals surface area contributed by atoms with Gasteiger partial charge in [-0.25, -0.2) is 0 Å². The van der Waals surface area contributed by atoms with Crippen molar-refractivity contribution in [3.8, 4) is 0 Å². The van der Waals surface area contributed by atoms with Gasteiger partial charge >= 0.3 is 59.1 Å². The minimum absolute atomic E-state index is 0. The maximum atomic E-state index is 10.8. The van der Waals surface area contributed by atoms with Gasteiger partial charge in [0.1, 0.15) is 6.10 Å². The van der Waals surface area contributed by atoms with E-state index in [4.69, 9.17) is 0 Å². The van der Waals surface area contributed by atoms with E-state index in [0.717, 1.165) is 31.0 Å². The number of thioether (sulfide) groups is 1. The first-order valence-electron chi connectivity index (χ1n) is 8.22. The molecule has 0 spiro atoms. The topological polar surface area (TPSA) is 100 Å². The number of aliphatic hydroxyl groups excluding tert-OH is 1. The van der Waals surface area contributed by atoms with E-state index in [-0.39, 0.29) is 59.1 Å². The number of hydrogen-bond acceptors (Lipinski definition) is 6. The van der Waals surface area contributed by atoms with Gasteiger partial charge < -0.3 is 24.9 Å². The van der Waals surface area contributed by atoms with Crippen LogP contribution in [0.4, 0.5) is 0 Å². The number of rotatable bonds is 15. The number of hydrogen-bond donors (Lipinski definition) is 1. The van der Waals surface area contributed by atoms with Gasteiger partial charge in [0.25, 0.3) is 0 Å². The van der Waals surface area contributed by atoms with Gasteiger partial charge in [-0.1, -0.05) is 64.7 Å². The number of carboxylic acids is 2. The fourth-order valence-electron chi connectivity index (χ4n) is 2.21. The first kappa shape index (κ1) is 30.0. The van der Waals surface area contributed by atoms with Crippen LogP contribution in [-0.4, -0.2) is 34.2 Å². The van der Waals surface area contributed by atoms with Gasteiger partial charge in [0.15, 0.2) is 0 Å². The predicted octanol–water partition coefficient (Wildman–Crippen LogP) is -5.12. The number of carboxylic acid groups (broad SMARTS) is 2. The van der Waals surface area contributed by atoms with Crippen molar-refractivity contribution in [3.63, 3.8) is 0 Å². The standard InChI is InChI=1S/C16H30O5S.2Na/c1-2-3-4-5-6-7-8-9-10-11-12-22-14(16(20)21)13(17)15(18)19;;/h13-14,17H,2-12H2,1H3,(H,18,19)(H,20,21);;/q;2*+1/p-2. The SMILES string of the molecule is CCCCCCCCCCCCSC(C(=O)[O-])C(O)C(=O)[O-].[Na+].[Na+]. The van der Waals surface area contributed by atoms with Crippen LogP contribution in [0.1, 0.15) is 71.1 Å².